The second-order valence-electron chi connectivity index (χ2n) is 5.48. The molecular weight excluding hydrogens is 246 g/mol. The molecule has 0 saturated carbocycles. The molecule has 3 heteroatoms. The minimum Gasteiger partial charge on any atom is -0.338 e. The van der Waals surface area contributed by atoms with E-state index in [0.29, 0.717) is 0 Å². The van der Waals surface area contributed by atoms with Crippen LogP contribution in [0.1, 0.15) is 18.1 Å². The topological polar surface area (TPSA) is 41.0 Å². The average Bonchev–Trinajstić information content (AvgIpc) is 2.97. The standard InChI is InChI=1S/C17H15N3/c1-10-4-3-5-12(6-10)17-19-15-8-13-7-11(2)18-14(13)9-16(15)20-17/h3-6,8-9H,7H2,1-2H3,(H,19,20). The largest absolute Gasteiger partial charge is 0.338 e. The van der Waals surface area contributed by atoms with E-state index in [0.717, 1.165) is 34.5 Å². The van der Waals surface area contributed by atoms with E-state index >= 15 is 0 Å². The molecule has 1 aliphatic heterocycles. The first kappa shape index (κ1) is 11.4. The van der Waals surface area contributed by atoms with Gasteiger partial charge in [-0.25, -0.2) is 4.98 Å². The second-order valence-corrected chi connectivity index (χ2v) is 5.48. The highest BCUT2D eigenvalue weighted by Crippen LogP contribution is 2.31. The van der Waals surface area contributed by atoms with Crippen LogP contribution in [0.4, 0.5) is 5.69 Å². The number of H-pyrrole nitrogens is 1. The third-order valence-corrected chi connectivity index (χ3v) is 3.73. The van der Waals surface area contributed by atoms with Crippen molar-refractivity contribution in [2.45, 2.75) is 20.3 Å². The van der Waals surface area contributed by atoms with Crippen molar-refractivity contribution >= 4 is 22.4 Å². The van der Waals surface area contributed by atoms with E-state index in [1.54, 1.807) is 0 Å². The van der Waals surface area contributed by atoms with E-state index in [1.807, 2.05) is 0 Å². The van der Waals surface area contributed by atoms with Gasteiger partial charge in [-0.2, -0.15) is 0 Å². The predicted molar refractivity (Wildman–Crippen MR) is 82.7 cm³/mol. The predicted octanol–water partition coefficient (Wildman–Crippen LogP) is 4.19. The molecule has 1 aromatic heterocycles. The summed E-state index contributed by atoms with van der Waals surface area (Å²) in [4.78, 5) is 12.7. The lowest BCUT2D eigenvalue weighted by atomic mass is 10.1. The molecule has 2 aromatic carbocycles. The van der Waals surface area contributed by atoms with E-state index in [-0.39, 0.29) is 0 Å². The molecule has 2 heterocycles. The Labute approximate surface area is 117 Å². The molecule has 0 saturated heterocycles. The summed E-state index contributed by atoms with van der Waals surface area (Å²) in [6, 6.07) is 12.6. The highest BCUT2D eigenvalue weighted by atomic mass is 14.9. The number of hydrogen-bond acceptors (Lipinski definition) is 2. The van der Waals surface area contributed by atoms with Crippen LogP contribution >= 0.6 is 0 Å². The van der Waals surface area contributed by atoms with Crippen LogP contribution in [-0.4, -0.2) is 15.7 Å². The number of benzene rings is 2. The number of imidazole rings is 1. The molecule has 0 fully saturated rings. The summed E-state index contributed by atoms with van der Waals surface area (Å²) in [7, 11) is 0. The Bertz CT molecular complexity index is 856. The maximum atomic E-state index is 4.70. The molecule has 3 aromatic rings. The van der Waals surface area contributed by atoms with E-state index in [9.17, 15) is 0 Å². The summed E-state index contributed by atoms with van der Waals surface area (Å²) in [5.74, 6) is 0.924. The summed E-state index contributed by atoms with van der Waals surface area (Å²) in [6.45, 7) is 4.16. The summed E-state index contributed by atoms with van der Waals surface area (Å²) in [5.41, 5.74) is 7.97. The smallest absolute Gasteiger partial charge is 0.138 e. The molecule has 0 unspecified atom stereocenters. The van der Waals surface area contributed by atoms with Crippen LogP contribution in [0.25, 0.3) is 22.4 Å². The Morgan fingerprint density at radius 1 is 1.10 bits per heavy atom. The Kier molecular flexibility index (Phi) is 2.30. The number of aryl methyl sites for hydroxylation is 1. The Morgan fingerprint density at radius 3 is 2.85 bits per heavy atom. The van der Waals surface area contributed by atoms with Crippen LogP contribution < -0.4 is 0 Å². The maximum absolute atomic E-state index is 4.70. The van der Waals surface area contributed by atoms with Gasteiger partial charge in [0.1, 0.15) is 5.82 Å². The highest BCUT2D eigenvalue weighted by molar-refractivity contribution is 5.95. The maximum Gasteiger partial charge on any atom is 0.138 e. The van der Waals surface area contributed by atoms with Gasteiger partial charge in [0, 0.05) is 17.7 Å². The number of rotatable bonds is 1. The quantitative estimate of drug-likeness (QED) is 0.701. The van der Waals surface area contributed by atoms with Crippen LogP contribution in [0, 0.1) is 6.92 Å². The normalized spacial score (nSPS) is 13.6. The Morgan fingerprint density at radius 2 is 2.00 bits per heavy atom. The molecule has 0 aliphatic carbocycles. The molecule has 3 nitrogen and oxygen atoms in total. The molecule has 4 rings (SSSR count). The van der Waals surface area contributed by atoms with Gasteiger partial charge >= 0.3 is 0 Å². The first-order valence-corrected chi connectivity index (χ1v) is 6.83. The van der Waals surface area contributed by atoms with E-state index < -0.39 is 0 Å². The van der Waals surface area contributed by atoms with Crippen LogP contribution in [-0.2, 0) is 6.42 Å². The Hall–Kier alpha value is -2.42. The summed E-state index contributed by atoms with van der Waals surface area (Å²) in [5, 5.41) is 0. The average molecular weight is 261 g/mol. The number of aromatic amines is 1. The lowest BCUT2D eigenvalue weighted by Gasteiger charge is -1.97. The minimum absolute atomic E-state index is 0.924. The van der Waals surface area contributed by atoms with Gasteiger partial charge in [-0.05, 0) is 37.6 Å². The number of aromatic nitrogens is 2. The third-order valence-electron chi connectivity index (χ3n) is 3.73. The van der Waals surface area contributed by atoms with Gasteiger partial charge in [0.25, 0.3) is 0 Å². The fourth-order valence-corrected chi connectivity index (χ4v) is 2.79. The monoisotopic (exact) mass is 261 g/mol. The second kappa shape index (κ2) is 4.04. The van der Waals surface area contributed by atoms with Gasteiger partial charge in [-0.3, -0.25) is 4.99 Å². The van der Waals surface area contributed by atoms with E-state index in [4.69, 9.17) is 4.98 Å². The third kappa shape index (κ3) is 1.74. The fourth-order valence-electron chi connectivity index (χ4n) is 2.79. The van der Waals surface area contributed by atoms with Crippen molar-refractivity contribution < 1.29 is 0 Å². The molecule has 0 spiro atoms. The van der Waals surface area contributed by atoms with Crippen molar-refractivity contribution in [1.29, 1.82) is 0 Å². The van der Waals surface area contributed by atoms with Crippen LogP contribution in [0.3, 0.4) is 0 Å². The van der Waals surface area contributed by atoms with Crippen molar-refractivity contribution in [3.05, 3.63) is 47.5 Å². The summed E-state index contributed by atoms with van der Waals surface area (Å²) < 4.78 is 0. The molecular formula is C17H15N3. The zero-order chi connectivity index (χ0) is 13.7. The molecule has 0 amide bonds. The molecule has 0 bridgehead atoms. The number of nitrogens with zero attached hydrogens (tertiary/aromatic N) is 2. The lowest BCUT2D eigenvalue weighted by molar-refractivity contribution is 1.32. The molecule has 98 valence electrons. The fraction of sp³-hybridized carbons (Fsp3) is 0.176. The van der Waals surface area contributed by atoms with Crippen molar-refractivity contribution in [3.8, 4) is 11.4 Å². The van der Waals surface area contributed by atoms with Gasteiger partial charge in [-0.15, -0.1) is 0 Å². The lowest BCUT2D eigenvalue weighted by Crippen LogP contribution is -1.88. The zero-order valence-electron chi connectivity index (χ0n) is 11.6. The van der Waals surface area contributed by atoms with Crippen molar-refractivity contribution in [2.75, 3.05) is 0 Å². The highest BCUT2D eigenvalue weighted by Gasteiger charge is 2.14. The minimum atomic E-state index is 0.924. The van der Waals surface area contributed by atoms with Crippen LogP contribution in [0.5, 0.6) is 0 Å². The van der Waals surface area contributed by atoms with E-state index in [1.165, 1.54) is 16.8 Å². The molecule has 20 heavy (non-hydrogen) atoms. The number of fused-ring (bicyclic) bond motifs is 2. The summed E-state index contributed by atoms with van der Waals surface area (Å²) in [6.07, 6.45) is 0.948. The number of nitrogens with one attached hydrogen (secondary N) is 1. The van der Waals surface area contributed by atoms with Crippen molar-refractivity contribution in [2.24, 2.45) is 4.99 Å². The van der Waals surface area contributed by atoms with Crippen LogP contribution in [0.15, 0.2) is 41.4 Å². The number of aliphatic imine (C=N–C) groups is 1. The van der Waals surface area contributed by atoms with Gasteiger partial charge in [0.15, 0.2) is 0 Å². The van der Waals surface area contributed by atoms with Gasteiger partial charge < -0.3 is 4.98 Å². The molecule has 0 atom stereocenters. The molecule has 1 aliphatic rings. The van der Waals surface area contributed by atoms with E-state index in [2.05, 4.69) is 60.2 Å². The van der Waals surface area contributed by atoms with Gasteiger partial charge in [0.05, 0.1) is 16.7 Å². The summed E-state index contributed by atoms with van der Waals surface area (Å²) >= 11 is 0. The zero-order valence-corrected chi connectivity index (χ0v) is 11.6. The molecule has 1 N–H and O–H groups in total. The molecule has 0 radical (unpaired) electrons. The first-order valence-electron chi connectivity index (χ1n) is 6.83. The SMILES string of the molecule is CC1=Nc2cc3nc(-c4cccc(C)c4)[nH]c3cc2C1. The van der Waals surface area contributed by atoms with Crippen molar-refractivity contribution in [3.63, 3.8) is 0 Å². The van der Waals surface area contributed by atoms with Gasteiger partial charge in [0.2, 0.25) is 0 Å². The first-order chi connectivity index (χ1) is 9.69. The van der Waals surface area contributed by atoms with Crippen molar-refractivity contribution in [1.82, 2.24) is 9.97 Å². The Balaban J connectivity index is 1.88. The van der Waals surface area contributed by atoms with Crippen LogP contribution in [0.2, 0.25) is 0 Å². The number of hydrogen-bond donors (Lipinski definition) is 1. The van der Waals surface area contributed by atoms with Gasteiger partial charge in [-0.1, -0.05) is 23.8 Å².